The fourth-order valence-corrected chi connectivity index (χ4v) is 10.5. The molecule has 0 N–H and O–H groups in total. The summed E-state index contributed by atoms with van der Waals surface area (Å²) >= 11 is 3.71. The van der Waals surface area contributed by atoms with Gasteiger partial charge < -0.3 is 0 Å². The molecule has 0 radical (unpaired) electrons. The predicted molar refractivity (Wildman–Crippen MR) is 221 cm³/mol. The van der Waals surface area contributed by atoms with Gasteiger partial charge in [0.05, 0.1) is 16.8 Å². The van der Waals surface area contributed by atoms with Crippen LogP contribution in [0.25, 0.3) is 66.2 Å². The average Bonchev–Trinajstić information content (AvgIpc) is 3.83. The Bertz CT molecular complexity index is 2820. The highest BCUT2D eigenvalue weighted by atomic mass is 32.2. The first kappa shape index (κ1) is 30.5. The van der Waals surface area contributed by atoms with E-state index in [1.807, 2.05) is 47.4 Å². The van der Waals surface area contributed by atoms with Crippen LogP contribution in [0.15, 0.2) is 191 Å². The van der Waals surface area contributed by atoms with Gasteiger partial charge in [-0.1, -0.05) is 145 Å². The quantitative estimate of drug-likeness (QED) is 0.182. The molecule has 2 aromatic heterocycles. The van der Waals surface area contributed by atoms with E-state index in [0.717, 1.165) is 39.5 Å². The molecule has 1 spiro atoms. The average molecular weight is 711 g/mol. The number of benzene rings is 7. The number of nitrogens with zero attached hydrogens (tertiary/aromatic N) is 2. The van der Waals surface area contributed by atoms with Gasteiger partial charge in [0.2, 0.25) is 0 Å². The van der Waals surface area contributed by atoms with Gasteiger partial charge in [-0.05, 0) is 92.4 Å². The molecule has 1 atom stereocenters. The van der Waals surface area contributed by atoms with Crippen molar-refractivity contribution >= 4 is 33.2 Å². The Hall–Kier alpha value is -6.07. The minimum absolute atomic E-state index is 0.436. The predicted octanol–water partition coefficient (Wildman–Crippen LogP) is 13.2. The first-order valence-corrected chi connectivity index (χ1v) is 19.6. The lowest BCUT2D eigenvalue weighted by atomic mass is 9.67. The summed E-state index contributed by atoms with van der Waals surface area (Å²) in [6.45, 7) is 0. The molecule has 3 heterocycles. The summed E-state index contributed by atoms with van der Waals surface area (Å²) in [5.74, 6) is 0.720. The van der Waals surface area contributed by atoms with Gasteiger partial charge in [0.25, 0.3) is 0 Å². The van der Waals surface area contributed by atoms with Crippen molar-refractivity contribution in [3.8, 4) is 56.2 Å². The molecule has 0 saturated heterocycles. The summed E-state index contributed by atoms with van der Waals surface area (Å²) < 4.78 is 1.33. The topological polar surface area (TPSA) is 25.8 Å². The largest absolute Gasteiger partial charge is 0.228 e. The van der Waals surface area contributed by atoms with E-state index >= 15 is 0 Å². The minimum Gasteiger partial charge on any atom is -0.228 e. The first-order chi connectivity index (χ1) is 26.3. The molecule has 9 aromatic rings. The van der Waals surface area contributed by atoms with E-state index in [2.05, 4.69) is 157 Å². The fraction of sp³-hybridized carbons (Fsp3) is 0.0204. The number of rotatable bonds is 4. The van der Waals surface area contributed by atoms with Gasteiger partial charge in [-0.25, -0.2) is 9.97 Å². The van der Waals surface area contributed by atoms with Gasteiger partial charge >= 0.3 is 0 Å². The van der Waals surface area contributed by atoms with Crippen LogP contribution in [0.1, 0.15) is 22.3 Å². The van der Waals surface area contributed by atoms with Crippen molar-refractivity contribution in [2.24, 2.45) is 0 Å². The molecule has 1 unspecified atom stereocenters. The molecule has 4 heteroatoms. The lowest BCUT2D eigenvalue weighted by molar-refractivity contribution is 0.723. The Morgan fingerprint density at radius 1 is 0.415 bits per heavy atom. The third kappa shape index (κ3) is 4.66. The van der Waals surface area contributed by atoms with Crippen molar-refractivity contribution in [3.05, 3.63) is 204 Å². The minimum atomic E-state index is -0.436. The van der Waals surface area contributed by atoms with Gasteiger partial charge in [0, 0.05) is 36.6 Å². The number of hydrogen-bond acceptors (Lipinski definition) is 4. The molecule has 0 saturated carbocycles. The van der Waals surface area contributed by atoms with Gasteiger partial charge in [-0.2, -0.15) is 0 Å². The van der Waals surface area contributed by atoms with Crippen LogP contribution in [0.5, 0.6) is 0 Å². The second-order valence-electron chi connectivity index (χ2n) is 13.7. The number of thiophene rings is 1. The summed E-state index contributed by atoms with van der Waals surface area (Å²) in [6, 6.07) is 63.9. The van der Waals surface area contributed by atoms with Gasteiger partial charge in [0.1, 0.15) is 0 Å². The van der Waals surface area contributed by atoms with E-state index in [1.54, 1.807) is 0 Å². The zero-order chi connectivity index (χ0) is 34.9. The number of hydrogen-bond donors (Lipinski definition) is 0. The molecule has 53 heavy (non-hydrogen) atoms. The van der Waals surface area contributed by atoms with Crippen LogP contribution in [0.2, 0.25) is 0 Å². The summed E-state index contributed by atoms with van der Waals surface area (Å²) in [5.41, 5.74) is 15.0. The standard InChI is InChI=1S/C49H30N2S2/c1-3-12-31(13-4-1)42-30-43(51-48(50-42)32-14-5-2-6-15-32)35-17-11-16-33(28-35)34-22-24-46-41(29-34)49(39-20-9-10-21-45(39)53-46)38-19-8-7-18-36(38)47-37-26-27-52-44(37)25-23-40(47)49/h1-30H. The van der Waals surface area contributed by atoms with E-state index in [1.165, 1.54) is 58.8 Å². The van der Waals surface area contributed by atoms with Crippen molar-refractivity contribution in [1.82, 2.24) is 9.97 Å². The van der Waals surface area contributed by atoms with Crippen molar-refractivity contribution in [1.29, 1.82) is 0 Å². The Kier molecular flexibility index (Phi) is 6.91. The van der Waals surface area contributed by atoms with Gasteiger partial charge in [0.15, 0.2) is 5.82 Å². The monoisotopic (exact) mass is 710 g/mol. The summed E-state index contributed by atoms with van der Waals surface area (Å²) in [7, 11) is 0. The molecule has 0 amide bonds. The maximum Gasteiger partial charge on any atom is 0.160 e. The molecule has 1 aliphatic heterocycles. The molecule has 0 bridgehead atoms. The lowest BCUT2D eigenvalue weighted by Gasteiger charge is -2.40. The molecule has 2 nitrogen and oxygen atoms in total. The molecule has 0 fully saturated rings. The molecule has 7 aromatic carbocycles. The van der Waals surface area contributed by atoms with Gasteiger partial charge in [-0.15, -0.1) is 11.3 Å². The summed E-state index contributed by atoms with van der Waals surface area (Å²) in [5, 5.41) is 3.57. The summed E-state index contributed by atoms with van der Waals surface area (Å²) in [6.07, 6.45) is 0. The van der Waals surface area contributed by atoms with Crippen LogP contribution in [-0.4, -0.2) is 9.97 Å². The maximum absolute atomic E-state index is 5.14. The molecule has 2 aliphatic rings. The van der Waals surface area contributed by atoms with E-state index < -0.39 is 5.41 Å². The van der Waals surface area contributed by atoms with Crippen molar-refractivity contribution in [2.45, 2.75) is 15.2 Å². The van der Waals surface area contributed by atoms with Crippen LogP contribution in [0.3, 0.4) is 0 Å². The molecule has 1 aliphatic carbocycles. The van der Waals surface area contributed by atoms with E-state index in [9.17, 15) is 0 Å². The van der Waals surface area contributed by atoms with Crippen molar-refractivity contribution in [3.63, 3.8) is 0 Å². The van der Waals surface area contributed by atoms with Crippen LogP contribution in [0.4, 0.5) is 0 Å². The van der Waals surface area contributed by atoms with Gasteiger partial charge in [-0.3, -0.25) is 0 Å². The van der Waals surface area contributed by atoms with E-state index in [4.69, 9.17) is 9.97 Å². The zero-order valence-corrected chi connectivity index (χ0v) is 30.2. The second kappa shape index (κ2) is 12.0. The smallest absolute Gasteiger partial charge is 0.160 e. The molecule has 248 valence electrons. The zero-order valence-electron chi connectivity index (χ0n) is 28.5. The first-order valence-electron chi connectivity index (χ1n) is 17.9. The molecular weight excluding hydrogens is 681 g/mol. The van der Waals surface area contributed by atoms with Crippen LogP contribution >= 0.6 is 23.1 Å². The van der Waals surface area contributed by atoms with E-state index in [0.29, 0.717) is 0 Å². The maximum atomic E-state index is 5.14. The Balaban J connectivity index is 1.11. The van der Waals surface area contributed by atoms with Crippen LogP contribution in [-0.2, 0) is 5.41 Å². The highest BCUT2D eigenvalue weighted by Crippen LogP contribution is 2.63. The Labute approximate surface area is 316 Å². The lowest BCUT2D eigenvalue weighted by Crippen LogP contribution is -2.32. The summed E-state index contributed by atoms with van der Waals surface area (Å²) in [4.78, 5) is 12.8. The normalized spacial score (nSPS) is 15.2. The Morgan fingerprint density at radius 2 is 1.08 bits per heavy atom. The Morgan fingerprint density at radius 3 is 1.92 bits per heavy atom. The second-order valence-corrected chi connectivity index (χ2v) is 15.7. The highest BCUT2D eigenvalue weighted by molar-refractivity contribution is 7.99. The molecular formula is C49H30N2S2. The number of fused-ring (bicyclic) bond motifs is 11. The highest BCUT2D eigenvalue weighted by Gasteiger charge is 2.50. The van der Waals surface area contributed by atoms with Crippen molar-refractivity contribution < 1.29 is 0 Å². The van der Waals surface area contributed by atoms with Crippen molar-refractivity contribution in [2.75, 3.05) is 0 Å². The van der Waals surface area contributed by atoms with Crippen LogP contribution in [0, 0.1) is 0 Å². The third-order valence-corrected chi connectivity index (χ3v) is 12.9. The van der Waals surface area contributed by atoms with E-state index in [-0.39, 0.29) is 0 Å². The molecule has 11 rings (SSSR count). The van der Waals surface area contributed by atoms with Crippen LogP contribution < -0.4 is 0 Å². The third-order valence-electron chi connectivity index (χ3n) is 10.9. The SMILES string of the molecule is c1ccc(-c2cc(-c3cccc(-c4ccc5c(c4)C4(c6ccccc6S5)c5ccccc5-c5c4ccc4sccc54)c3)nc(-c3ccccc3)n2)cc1. The fourth-order valence-electron chi connectivity index (χ4n) is 8.55. The number of aromatic nitrogens is 2.